The number of halogens is 1. The fourth-order valence-electron chi connectivity index (χ4n) is 4.00. The molecule has 5 nitrogen and oxygen atoms in total. The zero-order valence-corrected chi connectivity index (χ0v) is 15.8. The lowest BCUT2D eigenvalue weighted by molar-refractivity contribution is 0.0448. The van der Waals surface area contributed by atoms with Crippen molar-refractivity contribution in [3.05, 3.63) is 64.2 Å². The van der Waals surface area contributed by atoms with Crippen LogP contribution in [0.3, 0.4) is 0 Å². The first-order chi connectivity index (χ1) is 13.1. The van der Waals surface area contributed by atoms with Gasteiger partial charge in [0.2, 0.25) is 5.91 Å². The predicted octanol–water partition coefficient (Wildman–Crippen LogP) is 3.80. The van der Waals surface area contributed by atoms with Crippen LogP contribution < -0.4 is 11.1 Å². The van der Waals surface area contributed by atoms with Gasteiger partial charge in [0.1, 0.15) is 5.84 Å². The lowest BCUT2D eigenvalue weighted by Gasteiger charge is -2.43. The molecule has 140 valence electrons. The Balaban J connectivity index is 1.72. The Morgan fingerprint density at radius 3 is 2.74 bits per heavy atom. The number of carbonyl (C=O) groups is 1. The Morgan fingerprint density at radius 1 is 1.22 bits per heavy atom. The summed E-state index contributed by atoms with van der Waals surface area (Å²) in [4.78, 5) is 16.8. The molecule has 0 bridgehead atoms. The minimum atomic E-state index is -0.393. The van der Waals surface area contributed by atoms with Crippen LogP contribution in [-0.4, -0.2) is 25.0 Å². The maximum absolute atomic E-state index is 11.9. The summed E-state index contributed by atoms with van der Waals surface area (Å²) in [6.45, 7) is 1.92. The molecule has 6 heteroatoms. The highest BCUT2D eigenvalue weighted by Gasteiger charge is 2.42. The van der Waals surface area contributed by atoms with Gasteiger partial charge in [-0.2, -0.15) is 0 Å². The predicted molar refractivity (Wildman–Crippen MR) is 107 cm³/mol. The molecule has 0 saturated carbocycles. The Bertz CT molecular complexity index is 904. The number of hydrogen-bond donors (Lipinski definition) is 2. The van der Waals surface area contributed by atoms with Gasteiger partial charge in [-0.15, -0.1) is 0 Å². The highest BCUT2D eigenvalue weighted by atomic mass is 35.5. The number of nitrogens with zero attached hydrogens (tertiary/aromatic N) is 1. The van der Waals surface area contributed by atoms with Gasteiger partial charge in [-0.05, 0) is 54.7 Å². The highest BCUT2D eigenvalue weighted by molar-refractivity contribution is 6.30. The Hall–Kier alpha value is -2.37. The van der Waals surface area contributed by atoms with E-state index in [9.17, 15) is 4.79 Å². The van der Waals surface area contributed by atoms with Gasteiger partial charge in [-0.25, -0.2) is 0 Å². The summed E-state index contributed by atoms with van der Waals surface area (Å²) >= 11 is 6.10. The van der Waals surface area contributed by atoms with Gasteiger partial charge in [0.05, 0.1) is 6.54 Å². The lowest BCUT2D eigenvalue weighted by Crippen LogP contribution is -2.46. The SMILES string of the molecule is NC(=O)c1cccc2c1CC1(CCOCC1)C(=NCc1cccc(Cl)c1)N2. The summed E-state index contributed by atoms with van der Waals surface area (Å²) in [6.07, 6.45) is 2.47. The van der Waals surface area contributed by atoms with Gasteiger partial charge in [-0.1, -0.05) is 29.8 Å². The van der Waals surface area contributed by atoms with E-state index in [1.165, 1.54) is 0 Å². The van der Waals surface area contributed by atoms with Crippen LogP contribution in [-0.2, 0) is 17.7 Å². The molecule has 3 N–H and O–H groups in total. The highest BCUT2D eigenvalue weighted by Crippen LogP contribution is 2.43. The summed E-state index contributed by atoms with van der Waals surface area (Å²) in [5.41, 5.74) is 8.99. The van der Waals surface area contributed by atoms with Gasteiger partial charge in [0, 0.05) is 34.9 Å². The van der Waals surface area contributed by atoms with E-state index in [4.69, 9.17) is 27.1 Å². The van der Waals surface area contributed by atoms with Crippen LogP contribution in [0.15, 0.2) is 47.5 Å². The van der Waals surface area contributed by atoms with Crippen LogP contribution in [0.25, 0.3) is 0 Å². The van der Waals surface area contributed by atoms with Crippen molar-refractivity contribution in [2.75, 3.05) is 18.5 Å². The van der Waals surface area contributed by atoms with Crippen molar-refractivity contribution in [1.29, 1.82) is 0 Å². The normalized spacial score (nSPS) is 19.5. The topological polar surface area (TPSA) is 76.7 Å². The number of benzene rings is 2. The molecule has 1 spiro atoms. The maximum Gasteiger partial charge on any atom is 0.249 e. The second-order valence-electron chi connectivity index (χ2n) is 7.19. The number of hydrogen-bond acceptors (Lipinski definition) is 3. The Labute approximate surface area is 163 Å². The van der Waals surface area contributed by atoms with Gasteiger partial charge < -0.3 is 15.8 Å². The van der Waals surface area contributed by atoms with Crippen LogP contribution in [0.5, 0.6) is 0 Å². The second kappa shape index (κ2) is 7.33. The van der Waals surface area contributed by atoms with Crippen molar-refractivity contribution in [3.8, 4) is 0 Å². The molecule has 0 unspecified atom stereocenters. The average molecular weight is 384 g/mol. The van der Waals surface area contributed by atoms with E-state index in [1.807, 2.05) is 36.4 Å². The number of fused-ring (bicyclic) bond motifs is 1. The smallest absolute Gasteiger partial charge is 0.249 e. The van der Waals surface area contributed by atoms with Crippen LogP contribution in [0, 0.1) is 5.41 Å². The Kier molecular flexibility index (Phi) is 4.89. The van der Waals surface area contributed by atoms with Crippen LogP contribution in [0.2, 0.25) is 5.02 Å². The largest absolute Gasteiger partial charge is 0.381 e. The first-order valence-corrected chi connectivity index (χ1v) is 9.51. The maximum atomic E-state index is 11.9. The van der Waals surface area contributed by atoms with E-state index in [0.29, 0.717) is 30.3 Å². The molecule has 0 aromatic heterocycles. The molecular weight excluding hydrogens is 362 g/mol. The quantitative estimate of drug-likeness (QED) is 0.846. The number of aliphatic imine (C=N–C) groups is 1. The third-order valence-electron chi connectivity index (χ3n) is 5.47. The molecule has 1 saturated heterocycles. The fraction of sp³-hybridized carbons (Fsp3) is 0.333. The lowest BCUT2D eigenvalue weighted by atomic mass is 9.71. The molecule has 27 heavy (non-hydrogen) atoms. The molecule has 2 aromatic carbocycles. The third kappa shape index (κ3) is 3.57. The van der Waals surface area contributed by atoms with Crippen LogP contribution >= 0.6 is 11.6 Å². The molecule has 1 fully saturated rings. The van der Waals surface area contributed by atoms with Crippen molar-refractivity contribution < 1.29 is 9.53 Å². The number of nitrogens with two attached hydrogens (primary N) is 1. The van der Waals surface area contributed by atoms with E-state index in [-0.39, 0.29) is 5.41 Å². The summed E-state index contributed by atoms with van der Waals surface area (Å²) < 4.78 is 5.60. The standard InChI is InChI=1S/C21H22ClN3O2/c22-15-4-1-3-14(11-15)13-24-20-21(7-9-27-10-8-21)12-17-16(19(23)26)5-2-6-18(17)25-20/h1-6,11H,7-10,12-13H2,(H2,23,26)(H,24,25). The summed E-state index contributed by atoms with van der Waals surface area (Å²) in [5.74, 6) is 0.565. The molecule has 0 atom stereocenters. The molecule has 2 aromatic rings. The third-order valence-corrected chi connectivity index (χ3v) is 5.71. The van der Waals surface area contributed by atoms with Crippen LogP contribution in [0.4, 0.5) is 5.69 Å². The molecule has 2 aliphatic rings. The summed E-state index contributed by atoms with van der Waals surface area (Å²) in [6, 6.07) is 13.4. The van der Waals surface area contributed by atoms with Gasteiger partial charge in [-0.3, -0.25) is 9.79 Å². The number of amidine groups is 1. The number of nitrogens with one attached hydrogen (secondary N) is 1. The van der Waals surface area contributed by atoms with Crippen molar-refractivity contribution in [1.82, 2.24) is 0 Å². The molecule has 2 aliphatic heterocycles. The first kappa shape index (κ1) is 18.0. The number of amides is 1. The van der Waals surface area contributed by atoms with Crippen molar-refractivity contribution in [3.63, 3.8) is 0 Å². The molecule has 1 amide bonds. The molecule has 4 rings (SSSR count). The number of anilines is 1. The minimum absolute atomic E-state index is 0.157. The Morgan fingerprint density at radius 2 is 2.00 bits per heavy atom. The molecule has 0 aliphatic carbocycles. The number of carbonyl (C=O) groups excluding carboxylic acids is 1. The van der Waals surface area contributed by atoms with Crippen molar-refractivity contribution in [2.24, 2.45) is 16.1 Å². The minimum Gasteiger partial charge on any atom is -0.381 e. The zero-order chi connectivity index (χ0) is 18.9. The summed E-state index contributed by atoms with van der Waals surface area (Å²) in [7, 11) is 0. The van der Waals surface area contributed by atoms with E-state index in [0.717, 1.165) is 41.9 Å². The molecule has 0 radical (unpaired) electrons. The number of rotatable bonds is 3. The van der Waals surface area contributed by atoms with E-state index < -0.39 is 5.91 Å². The number of ether oxygens (including phenoxy) is 1. The summed E-state index contributed by atoms with van der Waals surface area (Å²) in [5, 5.41) is 4.20. The average Bonchev–Trinajstić information content (AvgIpc) is 2.66. The first-order valence-electron chi connectivity index (χ1n) is 9.13. The molecular formula is C21H22ClN3O2. The van der Waals surface area contributed by atoms with Crippen LogP contribution in [0.1, 0.15) is 34.3 Å². The zero-order valence-electron chi connectivity index (χ0n) is 15.0. The molecule has 2 heterocycles. The van der Waals surface area contributed by atoms with Gasteiger partial charge in [0.15, 0.2) is 0 Å². The monoisotopic (exact) mass is 383 g/mol. The van der Waals surface area contributed by atoms with Gasteiger partial charge in [0.25, 0.3) is 0 Å². The fourth-order valence-corrected chi connectivity index (χ4v) is 4.21. The van der Waals surface area contributed by atoms with E-state index in [1.54, 1.807) is 6.07 Å². The number of primary amides is 1. The second-order valence-corrected chi connectivity index (χ2v) is 7.62. The van der Waals surface area contributed by atoms with E-state index >= 15 is 0 Å². The van der Waals surface area contributed by atoms with Crippen molar-refractivity contribution >= 4 is 29.0 Å². The van der Waals surface area contributed by atoms with Gasteiger partial charge >= 0.3 is 0 Å². The van der Waals surface area contributed by atoms with Crippen molar-refractivity contribution in [2.45, 2.75) is 25.8 Å². The van der Waals surface area contributed by atoms with E-state index in [2.05, 4.69) is 5.32 Å².